The van der Waals surface area contributed by atoms with E-state index >= 15 is 0 Å². The van der Waals surface area contributed by atoms with E-state index in [-0.39, 0.29) is 12.7 Å². The van der Waals surface area contributed by atoms with Crippen molar-refractivity contribution in [1.82, 2.24) is 9.55 Å². The van der Waals surface area contributed by atoms with Crippen LogP contribution < -0.4 is 0 Å². The maximum Gasteiger partial charge on any atom is 0.156 e. The van der Waals surface area contributed by atoms with Crippen molar-refractivity contribution < 1.29 is 9.94 Å². The fraction of sp³-hybridized carbons (Fsp3) is 0.500. The monoisotopic (exact) mass is 181 g/mol. The van der Waals surface area contributed by atoms with E-state index in [2.05, 4.69) is 10.1 Å². The van der Waals surface area contributed by atoms with E-state index in [4.69, 9.17) is 9.94 Å². The van der Waals surface area contributed by atoms with Crippen molar-refractivity contribution in [2.24, 2.45) is 12.2 Å². The largest absolute Gasteiger partial charge is 0.392 e. The highest BCUT2D eigenvalue weighted by atomic mass is 16.6. The lowest BCUT2D eigenvalue weighted by Crippen LogP contribution is -2.13. The Hall–Kier alpha value is -1.36. The Morgan fingerprint density at radius 1 is 1.77 bits per heavy atom. The maximum absolute atomic E-state index is 8.83. The van der Waals surface area contributed by atoms with Crippen LogP contribution in [-0.2, 0) is 11.9 Å². The maximum atomic E-state index is 8.83. The van der Waals surface area contributed by atoms with Gasteiger partial charge in [-0.25, -0.2) is 4.98 Å². The zero-order valence-electron chi connectivity index (χ0n) is 7.34. The molecule has 0 saturated heterocycles. The van der Waals surface area contributed by atoms with Gasteiger partial charge in [0.25, 0.3) is 0 Å². The van der Waals surface area contributed by atoms with E-state index in [1.54, 1.807) is 12.5 Å². The molecule has 13 heavy (non-hydrogen) atoms. The number of aliphatic hydroxyl groups is 1. The first-order valence-corrected chi connectivity index (χ1v) is 4.11. The number of aryl methyl sites for hydroxylation is 1. The molecule has 1 aliphatic rings. The van der Waals surface area contributed by atoms with Crippen LogP contribution in [0.5, 0.6) is 0 Å². The molecule has 1 N–H and O–H groups in total. The number of aromatic nitrogens is 2. The summed E-state index contributed by atoms with van der Waals surface area (Å²) in [7, 11) is 1.90. The van der Waals surface area contributed by atoms with E-state index < -0.39 is 0 Å². The average molecular weight is 181 g/mol. The van der Waals surface area contributed by atoms with Gasteiger partial charge in [0.15, 0.2) is 6.10 Å². The fourth-order valence-electron chi connectivity index (χ4n) is 1.31. The lowest BCUT2D eigenvalue weighted by atomic mass is 10.1. The van der Waals surface area contributed by atoms with E-state index in [9.17, 15) is 0 Å². The minimum absolute atomic E-state index is 0.00481. The van der Waals surface area contributed by atoms with Crippen LogP contribution in [0.25, 0.3) is 0 Å². The number of imidazole rings is 1. The average Bonchev–Trinajstić information content (AvgIpc) is 2.71. The van der Waals surface area contributed by atoms with Crippen LogP contribution >= 0.6 is 0 Å². The molecule has 0 bridgehead atoms. The summed E-state index contributed by atoms with van der Waals surface area (Å²) >= 11 is 0. The predicted octanol–water partition coefficient (Wildman–Crippen LogP) is -0.0946. The van der Waals surface area contributed by atoms with Crippen molar-refractivity contribution in [2.45, 2.75) is 12.5 Å². The van der Waals surface area contributed by atoms with Crippen molar-refractivity contribution in [3.05, 3.63) is 18.2 Å². The Kier molecular flexibility index (Phi) is 2.02. The first kappa shape index (κ1) is 8.25. The summed E-state index contributed by atoms with van der Waals surface area (Å²) in [6.45, 7) is 0.00481. The Bertz CT molecular complexity index is 332. The molecule has 1 unspecified atom stereocenters. The summed E-state index contributed by atoms with van der Waals surface area (Å²) in [5.41, 5.74) is 1.79. The second-order valence-corrected chi connectivity index (χ2v) is 3.04. The van der Waals surface area contributed by atoms with Crippen molar-refractivity contribution in [1.29, 1.82) is 0 Å². The van der Waals surface area contributed by atoms with Gasteiger partial charge in [0.2, 0.25) is 0 Å². The first-order chi connectivity index (χ1) is 6.31. The Morgan fingerprint density at radius 2 is 2.62 bits per heavy atom. The highest BCUT2D eigenvalue weighted by Gasteiger charge is 2.22. The number of hydrogen-bond acceptors (Lipinski definition) is 4. The smallest absolute Gasteiger partial charge is 0.156 e. The van der Waals surface area contributed by atoms with Gasteiger partial charge in [0.1, 0.15) is 5.71 Å². The predicted molar refractivity (Wildman–Crippen MR) is 46.3 cm³/mol. The molecular formula is C8H11N3O2. The third kappa shape index (κ3) is 1.42. The molecule has 5 heteroatoms. The minimum Gasteiger partial charge on any atom is -0.392 e. The molecule has 0 saturated carbocycles. The first-order valence-electron chi connectivity index (χ1n) is 4.11. The van der Waals surface area contributed by atoms with Gasteiger partial charge in [0, 0.05) is 13.5 Å². The molecule has 0 aliphatic carbocycles. The van der Waals surface area contributed by atoms with Gasteiger partial charge in [0.05, 0.1) is 24.8 Å². The summed E-state index contributed by atoms with van der Waals surface area (Å²) in [4.78, 5) is 8.97. The van der Waals surface area contributed by atoms with Gasteiger partial charge >= 0.3 is 0 Å². The van der Waals surface area contributed by atoms with Crippen LogP contribution in [-0.4, -0.2) is 33.1 Å². The molecule has 1 aromatic rings. The molecule has 1 aliphatic heterocycles. The van der Waals surface area contributed by atoms with Crippen molar-refractivity contribution in [3.8, 4) is 0 Å². The lowest BCUT2D eigenvalue weighted by Gasteiger charge is -2.01. The normalized spacial score (nSPS) is 21.4. The van der Waals surface area contributed by atoms with E-state index in [1.807, 2.05) is 11.6 Å². The SMILES string of the molecule is Cn1cncc1C1=NOC(CO)C1. The standard InChI is InChI=1S/C8H11N3O2/c1-11-5-9-3-8(11)7-2-6(4-12)13-10-7/h3,5-6,12H,2,4H2,1H3. The molecule has 0 spiro atoms. The Labute approximate surface area is 75.6 Å². The topological polar surface area (TPSA) is 59.6 Å². The van der Waals surface area contributed by atoms with E-state index in [0.717, 1.165) is 11.4 Å². The van der Waals surface area contributed by atoms with Crippen LogP contribution in [0.2, 0.25) is 0 Å². The number of nitrogens with zero attached hydrogens (tertiary/aromatic N) is 3. The molecule has 0 amide bonds. The second kappa shape index (κ2) is 3.18. The summed E-state index contributed by atoms with van der Waals surface area (Å²) in [5.74, 6) is 0. The zero-order valence-corrected chi connectivity index (χ0v) is 7.34. The number of oxime groups is 1. The second-order valence-electron chi connectivity index (χ2n) is 3.04. The molecule has 2 rings (SSSR count). The fourth-order valence-corrected chi connectivity index (χ4v) is 1.31. The summed E-state index contributed by atoms with van der Waals surface area (Å²) < 4.78 is 1.88. The van der Waals surface area contributed by atoms with Gasteiger partial charge in [-0.15, -0.1) is 0 Å². The van der Waals surface area contributed by atoms with Crippen molar-refractivity contribution >= 4 is 5.71 Å². The number of aliphatic hydroxyl groups excluding tert-OH is 1. The molecule has 0 aromatic carbocycles. The zero-order chi connectivity index (χ0) is 9.26. The van der Waals surface area contributed by atoms with Crippen LogP contribution in [0.3, 0.4) is 0 Å². The third-order valence-electron chi connectivity index (χ3n) is 2.05. The van der Waals surface area contributed by atoms with Crippen LogP contribution in [0.15, 0.2) is 17.7 Å². The van der Waals surface area contributed by atoms with Crippen molar-refractivity contribution in [2.75, 3.05) is 6.61 Å². The van der Waals surface area contributed by atoms with Gasteiger partial charge in [-0.2, -0.15) is 0 Å². The Balaban J connectivity index is 2.16. The van der Waals surface area contributed by atoms with Crippen LogP contribution in [0.1, 0.15) is 12.1 Å². The van der Waals surface area contributed by atoms with Gasteiger partial charge in [-0.05, 0) is 0 Å². The number of rotatable bonds is 2. The molecular weight excluding hydrogens is 170 g/mol. The Morgan fingerprint density at radius 3 is 3.15 bits per heavy atom. The molecule has 0 radical (unpaired) electrons. The minimum atomic E-state index is -0.190. The summed E-state index contributed by atoms with van der Waals surface area (Å²) in [6, 6.07) is 0. The molecule has 1 aromatic heterocycles. The van der Waals surface area contributed by atoms with Crippen LogP contribution in [0, 0.1) is 0 Å². The summed E-state index contributed by atoms with van der Waals surface area (Å²) in [5, 5.41) is 12.7. The molecule has 1 atom stereocenters. The highest BCUT2D eigenvalue weighted by molar-refractivity contribution is 5.99. The number of hydrogen-bond donors (Lipinski definition) is 1. The highest BCUT2D eigenvalue weighted by Crippen LogP contribution is 2.15. The van der Waals surface area contributed by atoms with E-state index in [1.165, 1.54) is 0 Å². The van der Waals surface area contributed by atoms with Gasteiger partial charge in [-0.3, -0.25) is 0 Å². The molecule has 2 heterocycles. The van der Waals surface area contributed by atoms with Crippen LogP contribution in [0.4, 0.5) is 0 Å². The lowest BCUT2D eigenvalue weighted by molar-refractivity contribution is 0.0390. The molecule has 5 nitrogen and oxygen atoms in total. The third-order valence-corrected chi connectivity index (χ3v) is 2.05. The van der Waals surface area contributed by atoms with Gasteiger partial charge in [-0.1, -0.05) is 5.16 Å². The molecule has 0 fully saturated rings. The quantitative estimate of drug-likeness (QED) is 0.693. The van der Waals surface area contributed by atoms with Gasteiger partial charge < -0.3 is 14.5 Å². The van der Waals surface area contributed by atoms with Crippen molar-refractivity contribution in [3.63, 3.8) is 0 Å². The molecule has 70 valence electrons. The van der Waals surface area contributed by atoms with E-state index in [0.29, 0.717) is 6.42 Å². The summed E-state index contributed by atoms with van der Waals surface area (Å²) in [6.07, 6.45) is 3.91.